The molecule has 7 heteroatoms. The lowest BCUT2D eigenvalue weighted by Gasteiger charge is -2.34. The summed E-state index contributed by atoms with van der Waals surface area (Å²) in [7, 11) is -3.49. The Morgan fingerprint density at radius 1 is 1.05 bits per heavy atom. The molecule has 4 nitrogen and oxygen atoms in total. The second kappa shape index (κ2) is 7.97. The number of rotatable bonds is 6. The summed E-state index contributed by atoms with van der Waals surface area (Å²) in [4.78, 5) is 2.54. The number of halogens is 2. The number of hydrogen-bond acceptors (Lipinski definition) is 3. The second-order valence-corrected chi connectivity index (χ2v) is 8.28. The van der Waals surface area contributed by atoms with E-state index in [-0.39, 0.29) is 9.92 Å². The van der Waals surface area contributed by atoms with Gasteiger partial charge in [-0.3, -0.25) is 0 Å². The first-order valence-corrected chi connectivity index (χ1v) is 9.82. The molecule has 1 aliphatic rings. The zero-order valence-corrected chi connectivity index (χ0v) is 15.1. The van der Waals surface area contributed by atoms with Gasteiger partial charge in [-0.1, -0.05) is 43.0 Å². The minimum atomic E-state index is -3.49. The Balaban J connectivity index is 1.98. The number of sulfonamides is 1. The lowest BCUT2D eigenvalue weighted by molar-refractivity contribution is 0.185. The molecule has 1 aromatic rings. The molecule has 0 N–H and O–H groups in total. The van der Waals surface area contributed by atoms with E-state index >= 15 is 0 Å². The van der Waals surface area contributed by atoms with E-state index in [1.54, 1.807) is 0 Å². The third kappa shape index (κ3) is 4.36. The van der Waals surface area contributed by atoms with E-state index in [0.717, 1.165) is 19.6 Å². The summed E-state index contributed by atoms with van der Waals surface area (Å²) >= 11 is 11.8. The molecule has 1 aliphatic heterocycles. The summed E-state index contributed by atoms with van der Waals surface area (Å²) in [6.07, 6.45) is 3.60. The second-order valence-electron chi connectivity index (χ2n) is 5.53. The molecule has 1 heterocycles. The molecule has 124 valence electrons. The van der Waals surface area contributed by atoms with Crippen LogP contribution in [-0.2, 0) is 10.0 Å². The Morgan fingerprint density at radius 2 is 1.73 bits per heavy atom. The molecule has 0 aromatic heterocycles. The van der Waals surface area contributed by atoms with Gasteiger partial charge in [-0.15, -0.1) is 0 Å². The predicted molar refractivity (Wildman–Crippen MR) is 91.2 cm³/mol. The first-order valence-electron chi connectivity index (χ1n) is 7.62. The highest BCUT2D eigenvalue weighted by Crippen LogP contribution is 2.27. The maximum Gasteiger partial charge on any atom is 0.243 e. The van der Waals surface area contributed by atoms with Crippen LogP contribution >= 0.6 is 23.2 Å². The van der Waals surface area contributed by atoms with Crippen LogP contribution in [0.3, 0.4) is 0 Å². The fourth-order valence-corrected chi connectivity index (χ4v) is 4.38. The summed E-state index contributed by atoms with van der Waals surface area (Å²) < 4.78 is 26.8. The highest BCUT2D eigenvalue weighted by Gasteiger charge is 2.28. The van der Waals surface area contributed by atoms with Crippen LogP contribution in [0.4, 0.5) is 0 Å². The SMILES string of the molecule is CCCCCN1CCN(S(=O)(=O)c2ccc(Cl)c(Cl)c2)CC1. The van der Waals surface area contributed by atoms with Crippen molar-refractivity contribution < 1.29 is 8.42 Å². The number of benzene rings is 1. The Hall–Kier alpha value is -0.330. The molecule has 0 amide bonds. The molecule has 1 aromatic carbocycles. The molecule has 0 aliphatic carbocycles. The average Bonchev–Trinajstić information content (AvgIpc) is 2.51. The van der Waals surface area contributed by atoms with Gasteiger partial charge >= 0.3 is 0 Å². The number of unbranched alkanes of at least 4 members (excludes halogenated alkanes) is 2. The fraction of sp³-hybridized carbons (Fsp3) is 0.600. The van der Waals surface area contributed by atoms with Gasteiger partial charge < -0.3 is 4.90 Å². The third-order valence-corrected chi connectivity index (χ3v) is 6.57. The normalized spacial score (nSPS) is 17.8. The topological polar surface area (TPSA) is 40.6 Å². The van der Waals surface area contributed by atoms with Gasteiger partial charge in [0.15, 0.2) is 0 Å². The van der Waals surface area contributed by atoms with Crippen molar-refractivity contribution in [3.8, 4) is 0 Å². The van der Waals surface area contributed by atoms with Crippen molar-refractivity contribution >= 4 is 33.2 Å². The minimum absolute atomic E-state index is 0.210. The van der Waals surface area contributed by atoms with Crippen molar-refractivity contribution in [3.63, 3.8) is 0 Å². The van der Waals surface area contributed by atoms with Crippen LogP contribution in [0.1, 0.15) is 26.2 Å². The molecule has 0 unspecified atom stereocenters. The zero-order valence-electron chi connectivity index (χ0n) is 12.8. The summed E-state index contributed by atoms with van der Waals surface area (Å²) in [5.74, 6) is 0. The fourth-order valence-electron chi connectivity index (χ4n) is 2.57. The molecule has 0 saturated carbocycles. The van der Waals surface area contributed by atoms with Crippen molar-refractivity contribution in [2.75, 3.05) is 32.7 Å². The largest absolute Gasteiger partial charge is 0.301 e. The highest BCUT2D eigenvalue weighted by atomic mass is 35.5. The van der Waals surface area contributed by atoms with Crippen molar-refractivity contribution in [1.29, 1.82) is 0 Å². The summed E-state index contributed by atoms with van der Waals surface area (Å²) in [6.45, 7) is 5.84. The molecule has 1 fully saturated rings. The van der Waals surface area contributed by atoms with Crippen LogP contribution in [0.2, 0.25) is 10.0 Å². The molecule has 0 radical (unpaired) electrons. The van der Waals surface area contributed by atoms with E-state index in [1.807, 2.05) is 0 Å². The Bertz CT molecular complexity index is 600. The molecule has 22 heavy (non-hydrogen) atoms. The van der Waals surface area contributed by atoms with Gasteiger partial charge in [0, 0.05) is 26.2 Å². The van der Waals surface area contributed by atoms with E-state index in [0.29, 0.717) is 18.1 Å². The molecular formula is C15H22Cl2N2O2S. The van der Waals surface area contributed by atoms with E-state index in [1.165, 1.54) is 41.8 Å². The monoisotopic (exact) mass is 364 g/mol. The lowest BCUT2D eigenvalue weighted by Crippen LogP contribution is -2.48. The maximum absolute atomic E-state index is 12.6. The zero-order chi connectivity index (χ0) is 16.2. The summed E-state index contributed by atoms with van der Waals surface area (Å²) in [6, 6.07) is 4.46. The van der Waals surface area contributed by atoms with E-state index in [9.17, 15) is 8.42 Å². The third-order valence-electron chi connectivity index (χ3n) is 3.94. The Kier molecular flexibility index (Phi) is 6.53. The van der Waals surface area contributed by atoms with Gasteiger partial charge in [0.1, 0.15) is 0 Å². The van der Waals surface area contributed by atoms with Crippen LogP contribution in [0.15, 0.2) is 23.1 Å². The molecule has 0 bridgehead atoms. The molecule has 2 rings (SSSR count). The van der Waals surface area contributed by atoms with Crippen LogP contribution < -0.4 is 0 Å². The van der Waals surface area contributed by atoms with Gasteiger partial charge in [-0.05, 0) is 31.2 Å². The highest BCUT2D eigenvalue weighted by molar-refractivity contribution is 7.89. The van der Waals surface area contributed by atoms with Gasteiger partial charge in [0.2, 0.25) is 10.0 Å². The van der Waals surface area contributed by atoms with Crippen LogP contribution in [-0.4, -0.2) is 50.3 Å². The van der Waals surface area contributed by atoms with E-state index in [4.69, 9.17) is 23.2 Å². The Labute approximate surface area is 143 Å². The van der Waals surface area contributed by atoms with Crippen molar-refractivity contribution in [3.05, 3.63) is 28.2 Å². The molecule has 1 saturated heterocycles. The maximum atomic E-state index is 12.6. The van der Waals surface area contributed by atoms with Crippen LogP contribution in [0, 0.1) is 0 Å². The standard InChI is InChI=1S/C15H22Cl2N2O2S/c1-2-3-4-7-18-8-10-19(11-9-18)22(20,21)13-5-6-14(16)15(17)12-13/h5-6,12H,2-4,7-11H2,1H3. The van der Waals surface area contributed by atoms with Crippen molar-refractivity contribution in [2.45, 2.75) is 31.1 Å². The summed E-state index contributed by atoms with van der Waals surface area (Å²) in [5, 5.41) is 0.627. The van der Waals surface area contributed by atoms with Crippen molar-refractivity contribution in [2.24, 2.45) is 0 Å². The van der Waals surface area contributed by atoms with E-state index in [2.05, 4.69) is 11.8 Å². The van der Waals surface area contributed by atoms with Gasteiger partial charge in [0.25, 0.3) is 0 Å². The first kappa shape index (κ1) is 18.0. The van der Waals surface area contributed by atoms with Crippen LogP contribution in [0.5, 0.6) is 0 Å². The van der Waals surface area contributed by atoms with Crippen molar-refractivity contribution in [1.82, 2.24) is 9.21 Å². The van der Waals surface area contributed by atoms with Gasteiger partial charge in [-0.25, -0.2) is 8.42 Å². The number of nitrogens with zero attached hydrogens (tertiary/aromatic N) is 2. The molecular weight excluding hydrogens is 343 g/mol. The minimum Gasteiger partial charge on any atom is -0.301 e. The number of hydrogen-bond donors (Lipinski definition) is 0. The molecule has 0 atom stereocenters. The van der Waals surface area contributed by atoms with E-state index < -0.39 is 10.0 Å². The lowest BCUT2D eigenvalue weighted by atomic mass is 10.2. The average molecular weight is 365 g/mol. The number of piperazine rings is 1. The van der Waals surface area contributed by atoms with Gasteiger partial charge in [-0.2, -0.15) is 4.31 Å². The Morgan fingerprint density at radius 3 is 2.32 bits per heavy atom. The smallest absolute Gasteiger partial charge is 0.243 e. The molecule has 0 spiro atoms. The summed E-state index contributed by atoms with van der Waals surface area (Å²) in [5.41, 5.74) is 0. The van der Waals surface area contributed by atoms with Crippen LogP contribution in [0.25, 0.3) is 0 Å². The first-order chi connectivity index (χ1) is 10.4. The predicted octanol–water partition coefficient (Wildman–Crippen LogP) is 3.49. The van der Waals surface area contributed by atoms with Gasteiger partial charge in [0.05, 0.1) is 14.9 Å². The quantitative estimate of drug-likeness (QED) is 0.725.